The van der Waals surface area contributed by atoms with Gasteiger partial charge in [-0.05, 0) is 18.3 Å². The first-order valence-corrected chi connectivity index (χ1v) is 12.8. The number of hydrogen-bond acceptors (Lipinski definition) is 4. The smallest absolute Gasteiger partial charge is 0.217 e. The number of rotatable bonds is 16. The molecule has 3 N–H and O–H groups in total. The fourth-order valence-electron chi connectivity index (χ4n) is 3.95. The molecule has 0 aliphatic heterocycles. The van der Waals surface area contributed by atoms with E-state index in [-0.39, 0.29) is 0 Å². The van der Waals surface area contributed by atoms with Crippen LogP contribution in [0.2, 0.25) is 0 Å². The third-order valence-corrected chi connectivity index (χ3v) is 6.20. The summed E-state index contributed by atoms with van der Waals surface area (Å²) in [5.74, 6) is 1.80. The van der Waals surface area contributed by atoms with Crippen LogP contribution in [-0.4, -0.2) is 25.6 Å². The SMILES string of the molecule is CCCCC(CC)CC([NH3+])(CCCC)CC(CC)CCCC.COS(=O)(=O)[O-]. The predicted molar refractivity (Wildman–Crippen MR) is 118 cm³/mol. The summed E-state index contributed by atoms with van der Waals surface area (Å²) in [6.07, 6.45) is 17.7. The average Bonchev–Trinajstić information content (AvgIpc) is 2.66. The molecule has 0 heterocycles. The summed E-state index contributed by atoms with van der Waals surface area (Å²) in [7, 11) is -3.60. The van der Waals surface area contributed by atoms with Gasteiger partial charge in [-0.1, -0.05) is 92.4 Å². The highest BCUT2D eigenvalue weighted by Gasteiger charge is 2.33. The maximum Gasteiger partial charge on any atom is 0.217 e. The Kier molecular flexibility index (Phi) is 18.9. The van der Waals surface area contributed by atoms with Gasteiger partial charge < -0.3 is 10.3 Å². The standard InChI is InChI=1S/C21H45N.CH4O4S/c1-6-11-14-19(9-4)17-21(22,16-13-8-3)18-20(10-5)15-12-7-2;1-5-6(2,3)4/h19-20H,6-18,22H2,1-5H3;1H3,(H,2,3,4). The molecule has 2 unspecified atom stereocenters. The van der Waals surface area contributed by atoms with Gasteiger partial charge in [-0.25, -0.2) is 8.42 Å². The minimum absolute atomic E-state index is 0.346. The maximum absolute atomic E-state index is 9.22. The van der Waals surface area contributed by atoms with Crippen molar-refractivity contribution in [3.63, 3.8) is 0 Å². The molecule has 0 fully saturated rings. The molecule has 0 aromatic heterocycles. The van der Waals surface area contributed by atoms with E-state index in [4.69, 9.17) is 5.73 Å². The summed E-state index contributed by atoms with van der Waals surface area (Å²) in [4.78, 5) is 0. The summed E-state index contributed by atoms with van der Waals surface area (Å²) >= 11 is 0. The quantitative estimate of drug-likeness (QED) is 0.263. The van der Waals surface area contributed by atoms with Crippen molar-refractivity contribution in [3.05, 3.63) is 0 Å². The Morgan fingerprint density at radius 3 is 1.46 bits per heavy atom. The van der Waals surface area contributed by atoms with E-state index in [0.29, 0.717) is 5.54 Å². The monoisotopic (exact) mass is 423 g/mol. The van der Waals surface area contributed by atoms with Crippen LogP contribution in [0.4, 0.5) is 0 Å². The Bertz CT molecular complexity index is 422. The molecular weight excluding hydrogens is 374 g/mol. The number of unbranched alkanes of at least 4 members (excludes halogenated alkanes) is 3. The van der Waals surface area contributed by atoms with Gasteiger partial charge in [-0.2, -0.15) is 0 Å². The molecule has 5 nitrogen and oxygen atoms in total. The second-order valence-corrected chi connectivity index (χ2v) is 9.57. The third kappa shape index (κ3) is 17.9. The van der Waals surface area contributed by atoms with Crippen molar-refractivity contribution in [2.24, 2.45) is 11.8 Å². The largest absolute Gasteiger partial charge is 0.726 e. The average molecular weight is 424 g/mol. The molecule has 0 aromatic carbocycles. The van der Waals surface area contributed by atoms with Gasteiger partial charge >= 0.3 is 0 Å². The molecular formula is C22H49NO4S. The lowest BCUT2D eigenvalue weighted by molar-refractivity contribution is -0.488. The van der Waals surface area contributed by atoms with Crippen LogP contribution in [-0.2, 0) is 14.6 Å². The molecule has 28 heavy (non-hydrogen) atoms. The van der Waals surface area contributed by atoms with Crippen LogP contribution in [0.3, 0.4) is 0 Å². The molecule has 0 rings (SSSR count). The second-order valence-electron chi connectivity index (χ2n) is 8.42. The Hall–Kier alpha value is -0.170. The summed E-state index contributed by atoms with van der Waals surface area (Å²) in [5, 5.41) is 0. The summed E-state index contributed by atoms with van der Waals surface area (Å²) in [6.45, 7) is 11.7. The van der Waals surface area contributed by atoms with Crippen LogP contribution >= 0.6 is 0 Å². The van der Waals surface area contributed by atoms with Gasteiger partial charge in [-0.15, -0.1) is 0 Å². The van der Waals surface area contributed by atoms with E-state index < -0.39 is 10.4 Å². The molecule has 0 bridgehead atoms. The van der Waals surface area contributed by atoms with E-state index in [1.54, 1.807) is 0 Å². The fraction of sp³-hybridized carbons (Fsp3) is 1.00. The highest BCUT2D eigenvalue weighted by molar-refractivity contribution is 7.80. The van der Waals surface area contributed by atoms with Crippen molar-refractivity contribution < 1.29 is 22.9 Å². The van der Waals surface area contributed by atoms with Gasteiger partial charge in [0.15, 0.2) is 0 Å². The van der Waals surface area contributed by atoms with E-state index in [0.717, 1.165) is 18.9 Å². The zero-order valence-electron chi connectivity index (χ0n) is 19.6. The first-order valence-electron chi connectivity index (χ1n) is 11.5. The van der Waals surface area contributed by atoms with Gasteiger partial charge in [0.1, 0.15) is 0 Å². The van der Waals surface area contributed by atoms with Crippen LogP contribution in [0.5, 0.6) is 0 Å². The molecule has 0 spiro atoms. The summed E-state index contributed by atoms with van der Waals surface area (Å²) in [5.41, 5.74) is 5.14. The van der Waals surface area contributed by atoms with Crippen molar-refractivity contribution >= 4 is 10.4 Å². The topological polar surface area (TPSA) is 94.1 Å². The van der Waals surface area contributed by atoms with Crippen molar-refractivity contribution in [3.8, 4) is 0 Å². The highest BCUT2D eigenvalue weighted by Crippen LogP contribution is 2.32. The van der Waals surface area contributed by atoms with E-state index >= 15 is 0 Å². The zero-order valence-corrected chi connectivity index (χ0v) is 20.4. The van der Waals surface area contributed by atoms with E-state index in [1.807, 2.05) is 0 Å². The first kappa shape index (κ1) is 30.0. The minimum atomic E-state index is -4.41. The Labute approximate surface area is 176 Å². The van der Waals surface area contributed by atoms with E-state index in [1.165, 1.54) is 83.5 Å². The molecule has 172 valence electrons. The van der Waals surface area contributed by atoms with Crippen LogP contribution in [0.25, 0.3) is 0 Å². The fourth-order valence-corrected chi connectivity index (χ4v) is 3.95. The molecule has 0 aliphatic carbocycles. The third-order valence-electron chi connectivity index (χ3n) is 5.79. The molecule has 0 radical (unpaired) electrons. The normalized spacial score (nSPS) is 16.0. The van der Waals surface area contributed by atoms with Gasteiger partial charge in [-0.3, -0.25) is 4.18 Å². The highest BCUT2D eigenvalue weighted by atomic mass is 32.3. The van der Waals surface area contributed by atoms with E-state index in [9.17, 15) is 13.0 Å². The van der Waals surface area contributed by atoms with Crippen molar-refractivity contribution in [2.45, 2.75) is 124 Å². The molecule has 0 saturated heterocycles. The molecule has 0 amide bonds. The lowest BCUT2D eigenvalue weighted by Gasteiger charge is -2.33. The lowest BCUT2D eigenvalue weighted by atomic mass is 9.74. The second kappa shape index (κ2) is 17.7. The minimum Gasteiger partial charge on any atom is -0.726 e. The van der Waals surface area contributed by atoms with Crippen LogP contribution in [0, 0.1) is 11.8 Å². The molecule has 6 heteroatoms. The number of quaternary nitrogens is 1. The molecule has 0 aromatic rings. The Morgan fingerprint density at radius 1 is 0.857 bits per heavy atom. The van der Waals surface area contributed by atoms with Crippen LogP contribution in [0.15, 0.2) is 0 Å². The van der Waals surface area contributed by atoms with Crippen molar-refractivity contribution in [1.82, 2.24) is 0 Å². The van der Waals surface area contributed by atoms with Crippen molar-refractivity contribution in [2.75, 3.05) is 7.11 Å². The van der Waals surface area contributed by atoms with E-state index in [2.05, 4.69) is 38.8 Å². The summed E-state index contributed by atoms with van der Waals surface area (Å²) < 4.78 is 31.0. The van der Waals surface area contributed by atoms with Gasteiger partial charge in [0, 0.05) is 19.3 Å². The Balaban J connectivity index is 0. The lowest BCUT2D eigenvalue weighted by Crippen LogP contribution is -2.73. The predicted octanol–water partition coefficient (Wildman–Crippen LogP) is 5.46. The van der Waals surface area contributed by atoms with Gasteiger partial charge in [0.05, 0.1) is 12.6 Å². The molecule has 0 aliphatic rings. The number of hydrogen-bond donors (Lipinski definition) is 1. The first-order chi connectivity index (χ1) is 13.1. The summed E-state index contributed by atoms with van der Waals surface area (Å²) in [6, 6.07) is 0. The molecule has 0 saturated carbocycles. The zero-order chi connectivity index (χ0) is 22.1. The van der Waals surface area contributed by atoms with Crippen LogP contribution in [0.1, 0.15) is 118 Å². The van der Waals surface area contributed by atoms with Gasteiger partial charge in [0.2, 0.25) is 10.4 Å². The van der Waals surface area contributed by atoms with Crippen molar-refractivity contribution in [1.29, 1.82) is 0 Å². The van der Waals surface area contributed by atoms with Gasteiger partial charge in [0.25, 0.3) is 0 Å². The van der Waals surface area contributed by atoms with Crippen LogP contribution < -0.4 is 5.73 Å². The molecule has 2 atom stereocenters. The Morgan fingerprint density at radius 2 is 1.21 bits per heavy atom. The maximum atomic E-state index is 9.22.